The molecule has 0 amide bonds. The molecule has 0 spiro atoms. The van der Waals surface area contributed by atoms with Crippen molar-refractivity contribution in [3.05, 3.63) is 0 Å². The maximum atomic E-state index is 11.8. The summed E-state index contributed by atoms with van der Waals surface area (Å²) in [4.78, 5) is 2.32. The second kappa shape index (κ2) is 6.68. The molecular weight excluding hydrogens is 238 g/mol. The van der Waals surface area contributed by atoms with Crippen LogP contribution in [0.5, 0.6) is 0 Å². The number of nitrogens with two attached hydrogens (primary N) is 1. The average molecular weight is 263 g/mol. The summed E-state index contributed by atoms with van der Waals surface area (Å²) in [5.74, 6) is 0. The molecule has 0 saturated carbocycles. The van der Waals surface area contributed by atoms with E-state index in [1.165, 1.54) is 19.3 Å². The molecule has 1 heterocycles. The number of rotatable bonds is 6. The first-order valence-electron chi connectivity index (χ1n) is 6.39. The summed E-state index contributed by atoms with van der Waals surface area (Å²) >= 11 is 0. The molecule has 1 aliphatic rings. The Hall–Kier alpha value is -0.170. The second-order valence-corrected chi connectivity index (χ2v) is 7.10. The third-order valence-electron chi connectivity index (χ3n) is 3.21. The normalized spacial score (nSPS) is 22.3. The minimum Gasteiger partial charge on any atom is -0.329 e. The van der Waals surface area contributed by atoms with Crippen LogP contribution in [0.4, 0.5) is 0 Å². The Kier molecular flexibility index (Phi) is 5.85. The van der Waals surface area contributed by atoms with E-state index in [2.05, 4.69) is 9.62 Å². The SMILES string of the molecule is CC(CN1CCCCC1)NS(=O)(=O)C(C)CN. The second-order valence-electron chi connectivity index (χ2n) is 4.97. The van der Waals surface area contributed by atoms with E-state index in [9.17, 15) is 8.42 Å². The van der Waals surface area contributed by atoms with Gasteiger partial charge in [0.15, 0.2) is 0 Å². The van der Waals surface area contributed by atoms with Crippen molar-refractivity contribution in [3.63, 3.8) is 0 Å². The molecule has 6 heteroatoms. The maximum absolute atomic E-state index is 11.8. The molecule has 0 aromatic carbocycles. The van der Waals surface area contributed by atoms with Gasteiger partial charge in [-0.1, -0.05) is 6.42 Å². The molecule has 1 fully saturated rings. The van der Waals surface area contributed by atoms with Crippen LogP contribution in [0.2, 0.25) is 0 Å². The number of likely N-dealkylation sites (tertiary alicyclic amines) is 1. The van der Waals surface area contributed by atoms with E-state index in [-0.39, 0.29) is 12.6 Å². The standard InChI is InChI=1S/C11H25N3O2S/c1-10(9-14-6-4-3-5-7-14)13-17(15,16)11(2)8-12/h10-11,13H,3-9,12H2,1-2H3. The van der Waals surface area contributed by atoms with Crippen molar-refractivity contribution in [2.75, 3.05) is 26.2 Å². The fourth-order valence-electron chi connectivity index (χ4n) is 2.09. The molecule has 1 rings (SSSR count). The maximum Gasteiger partial charge on any atom is 0.215 e. The molecule has 0 aliphatic carbocycles. The zero-order chi connectivity index (χ0) is 12.9. The van der Waals surface area contributed by atoms with Crippen molar-refractivity contribution in [3.8, 4) is 0 Å². The molecule has 1 saturated heterocycles. The monoisotopic (exact) mass is 263 g/mol. The Balaban J connectivity index is 2.40. The van der Waals surface area contributed by atoms with Gasteiger partial charge >= 0.3 is 0 Å². The summed E-state index contributed by atoms with van der Waals surface area (Å²) in [5, 5.41) is -0.522. The minimum atomic E-state index is -3.26. The van der Waals surface area contributed by atoms with E-state index >= 15 is 0 Å². The Morgan fingerprint density at radius 2 is 1.82 bits per heavy atom. The smallest absolute Gasteiger partial charge is 0.215 e. The number of sulfonamides is 1. The van der Waals surface area contributed by atoms with Gasteiger partial charge < -0.3 is 10.6 Å². The van der Waals surface area contributed by atoms with E-state index in [1.54, 1.807) is 6.92 Å². The first-order chi connectivity index (χ1) is 7.95. The van der Waals surface area contributed by atoms with Crippen LogP contribution in [0.3, 0.4) is 0 Å². The summed E-state index contributed by atoms with van der Waals surface area (Å²) in [6, 6.07) is -0.0490. The van der Waals surface area contributed by atoms with Gasteiger partial charge in [0.1, 0.15) is 0 Å². The van der Waals surface area contributed by atoms with Gasteiger partial charge in [-0.3, -0.25) is 0 Å². The summed E-state index contributed by atoms with van der Waals surface area (Å²) in [7, 11) is -3.26. The van der Waals surface area contributed by atoms with Crippen molar-refractivity contribution in [1.29, 1.82) is 0 Å². The van der Waals surface area contributed by atoms with Crippen molar-refractivity contribution in [2.24, 2.45) is 5.73 Å². The average Bonchev–Trinajstić information content (AvgIpc) is 2.28. The van der Waals surface area contributed by atoms with Gasteiger partial charge in [-0.2, -0.15) is 0 Å². The van der Waals surface area contributed by atoms with Gasteiger partial charge in [0.05, 0.1) is 5.25 Å². The Morgan fingerprint density at radius 3 is 2.35 bits per heavy atom. The first-order valence-corrected chi connectivity index (χ1v) is 7.94. The third-order valence-corrected chi connectivity index (χ3v) is 5.19. The Bertz CT molecular complexity index is 313. The molecule has 1 aliphatic heterocycles. The highest BCUT2D eigenvalue weighted by atomic mass is 32.2. The third kappa shape index (κ3) is 4.91. The molecule has 0 bridgehead atoms. The van der Waals surface area contributed by atoms with Gasteiger partial charge in [0.25, 0.3) is 0 Å². The summed E-state index contributed by atoms with van der Waals surface area (Å²) in [6.45, 7) is 6.66. The summed E-state index contributed by atoms with van der Waals surface area (Å²) in [6.07, 6.45) is 3.73. The van der Waals surface area contributed by atoms with Gasteiger partial charge in [0, 0.05) is 19.1 Å². The molecule has 3 N–H and O–H groups in total. The molecular formula is C11H25N3O2S. The fourth-order valence-corrected chi connectivity index (χ4v) is 3.21. The zero-order valence-corrected chi connectivity index (χ0v) is 11.7. The fraction of sp³-hybridized carbons (Fsp3) is 1.00. The summed E-state index contributed by atoms with van der Waals surface area (Å²) in [5.41, 5.74) is 5.39. The topological polar surface area (TPSA) is 75.4 Å². The van der Waals surface area contributed by atoms with Crippen LogP contribution in [-0.4, -0.2) is 50.8 Å². The Morgan fingerprint density at radius 1 is 1.24 bits per heavy atom. The number of nitrogens with zero attached hydrogens (tertiary/aromatic N) is 1. The van der Waals surface area contributed by atoms with E-state index < -0.39 is 15.3 Å². The van der Waals surface area contributed by atoms with Crippen LogP contribution in [0.15, 0.2) is 0 Å². The highest BCUT2D eigenvalue weighted by molar-refractivity contribution is 7.90. The number of nitrogens with one attached hydrogen (secondary N) is 1. The molecule has 5 nitrogen and oxygen atoms in total. The zero-order valence-electron chi connectivity index (χ0n) is 10.9. The van der Waals surface area contributed by atoms with Crippen LogP contribution >= 0.6 is 0 Å². The quantitative estimate of drug-likeness (QED) is 0.714. The molecule has 17 heavy (non-hydrogen) atoms. The van der Waals surface area contributed by atoms with Gasteiger partial charge in [-0.25, -0.2) is 13.1 Å². The van der Waals surface area contributed by atoms with Crippen LogP contribution < -0.4 is 10.5 Å². The molecule has 0 radical (unpaired) electrons. The van der Waals surface area contributed by atoms with Gasteiger partial charge in [-0.15, -0.1) is 0 Å². The highest BCUT2D eigenvalue weighted by Gasteiger charge is 2.22. The van der Waals surface area contributed by atoms with Gasteiger partial charge in [0.2, 0.25) is 10.0 Å². The van der Waals surface area contributed by atoms with Crippen LogP contribution in [0.1, 0.15) is 33.1 Å². The predicted octanol–water partition coefficient (Wildman–Crippen LogP) is 0.127. The van der Waals surface area contributed by atoms with E-state index in [4.69, 9.17) is 5.73 Å². The van der Waals surface area contributed by atoms with Crippen LogP contribution in [0.25, 0.3) is 0 Å². The van der Waals surface area contributed by atoms with E-state index in [1.807, 2.05) is 6.92 Å². The van der Waals surface area contributed by atoms with E-state index in [0.29, 0.717) is 0 Å². The molecule has 2 atom stereocenters. The van der Waals surface area contributed by atoms with Crippen molar-refractivity contribution in [2.45, 2.75) is 44.4 Å². The summed E-state index contributed by atoms with van der Waals surface area (Å²) < 4.78 is 26.3. The molecule has 102 valence electrons. The van der Waals surface area contributed by atoms with Gasteiger partial charge in [-0.05, 0) is 39.8 Å². The van der Waals surface area contributed by atoms with Crippen molar-refractivity contribution < 1.29 is 8.42 Å². The van der Waals surface area contributed by atoms with Crippen molar-refractivity contribution in [1.82, 2.24) is 9.62 Å². The van der Waals surface area contributed by atoms with Crippen LogP contribution in [0, 0.1) is 0 Å². The lowest BCUT2D eigenvalue weighted by atomic mass is 10.1. The molecule has 0 aromatic heterocycles. The molecule has 2 unspecified atom stereocenters. The lowest BCUT2D eigenvalue weighted by Crippen LogP contribution is -2.47. The van der Waals surface area contributed by atoms with Crippen LogP contribution in [-0.2, 0) is 10.0 Å². The first kappa shape index (κ1) is 14.9. The number of piperidine rings is 1. The number of hydrogen-bond acceptors (Lipinski definition) is 4. The largest absolute Gasteiger partial charge is 0.329 e. The highest BCUT2D eigenvalue weighted by Crippen LogP contribution is 2.09. The van der Waals surface area contributed by atoms with Crippen molar-refractivity contribution >= 4 is 10.0 Å². The predicted molar refractivity (Wildman–Crippen MR) is 70.3 cm³/mol. The minimum absolute atomic E-state index is 0.0490. The number of hydrogen-bond donors (Lipinski definition) is 2. The lowest BCUT2D eigenvalue weighted by molar-refractivity contribution is 0.215. The van der Waals surface area contributed by atoms with E-state index in [0.717, 1.165) is 19.6 Å². The Labute approximate surface area is 105 Å². The molecule has 0 aromatic rings. The lowest BCUT2D eigenvalue weighted by Gasteiger charge is -2.29.